The summed E-state index contributed by atoms with van der Waals surface area (Å²) in [5.74, 6) is 0.212. The molecule has 0 aliphatic heterocycles. The number of hydrogen-bond acceptors (Lipinski definition) is 3. The van der Waals surface area contributed by atoms with Crippen LogP contribution in [0, 0.1) is 13.8 Å². The number of benzene rings is 2. The van der Waals surface area contributed by atoms with Crippen LogP contribution in [0.3, 0.4) is 0 Å². The van der Waals surface area contributed by atoms with Gasteiger partial charge in [-0.2, -0.15) is 0 Å². The van der Waals surface area contributed by atoms with Crippen LogP contribution in [-0.4, -0.2) is 33.2 Å². The molecule has 1 unspecified atom stereocenters. The number of rotatable bonds is 9. The van der Waals surface area contributed by atoms with Gasteiger partial charge in [0.2, 0.25) is 15.9 Å². The highest BCUT2D eigenvalue weighted by atomic mass is 32.2. The van der Waals surface area contributed by atoms with E-state index in [0.717, 1.165) is 30.2 Å². The van der Waals surface area contributed by atoms with E-state index in [1.54, 1.807) is 19.1 Å². The molecule has 164 valence electrons. The Morgan fingerprint density at radius 2 is 1.63 bits per heavy atom. The highest BCUT2D eigenvalue weighted by molar-refractivity contribution is 7.92. The van der Waals surface area contributed by atoms with Crippen molar-refractivity contribution in [3.63, 3.8) is 0 Å². The first-order valence-corrected chi connectivity index (χ1v) is 12.3. The van der Waals surface area contributed by atoms with Crippen LogP contribution in [0.5, 0.6) is 0 Å². The lowest BCUT2D eigenvalue weighted by molar-refractivity contribution is -0.121. The van der Waals surface area contributed by atoms with Crippen molar-refractivity contribution in [1.82, 2.24) is 5.32 Å². The van der Waals surface area contributed by atoms with Gasteiger partial charge in [-0.1, -0.05) is 44.2 Å². The Labute approximate surface area is 181 Å². The van der Waals surface area contributed by atoms with E-state index in [1.165, 1.54) is 15.4 Å². The molecule has 30 heavy (non-hydrogen) atoms. The summed E-state index contributed by atoms with van der Waals surface area (Å²) in [6.45, 7) is 10.4. The summed E-state index contributed by atoms with van der Waals surface area (Å²) in [6.07, 6.45) is 2.79. The third-order valence-corrected chi connectivity index (χ3v) is 6.66. The Morgan fingerprint density at radius 3 is 2.17 bits per heavy atom. The lowest BCUT2D eigenvalue weighted by Crippen LogP contribution is -2.48. The molecule has 0 aliphatic carbocycles. The molecule has 2 aromatic carbocycles. The minimum atomic E-state index is -3.60. The average Bonchev–Trinajstić information content (AvgIpc) is 2.67. The lowest BCUT2D eigenvalue weighted by Gasteiger charge is -2.28. The van der Waals surface area contributed by atoms with Gasteiger partial charge in [0.05, 0.1) is 11.9 Å². The van der Waals surface area contributed by atoms with Gasteiger partial charge in [0.1, 0.15) is 6.04 Å². The second-order valence-electron chi connectivity index (χ2n) is 8.29. The van der Waals surface area contributed by atoms with Crippen LogP contribution in [0.4, 0.5) is 5.69 Å². The van der Waals surface area contributed by atoms with Crippen molar-refractivity contribution in [3.8, 4) is 0 Å². The van der Waals surface area contributed by atoms with E-state index in [4.69, 9.17) is 0 Å². The van der Waals surface area contributed by atoms with Crippen LogP contribution < -0.4 is 9.62 Å². The monoisotopic (exact) mass is 430 g/mol. The Morgan fingerprint density at radius 1 is 1.00 bits per heavy atom. The SMILES string of the molecule is Cc1ccc(N(C(C)C(=O)NCCCc2ccc(C(C)C)cc2)S(C)(=O)=O)cc1C. The highest BCUT2D eigenvalue weighted by Crippen LogP contribution is 2.23. The number of nitrogens with zero attached hydrogens (tertiary/aromatic N) is 1. The van der Waals surface area contributed by atoms with E-state index in [0.29, 0.717) is 18.2 Å². The van der Waals surface area contributed by atoms with Crippen molar-refractivity contribution in [2.45, 2.75) is 59.4 Å². The number of carbonyl (C=O) groups is 1. The molecular weight excluding hydrogens is 396 g/mol. The Bertz CT molecular complexity index is 966. The topological polar surface area (TPSA) is 66.5 Å². The molecule has 1 amide bonds. The number of carbonyl (C=O) groups excluding carboxylic acids is 1. The van der Waals surface area contributed by atoms with E-state index < -0.39 is 16.1 Å². The standard InChI is InChI=1S/C24H34N2O3S/c1-17(2)22-12-10-21(11-13-22)8-7-15-25-24(27)20(5)26(30(6,28)29)23-14-9-18(3)19(4)16-23/h9-14,16-17,20H,7-8,15H2,1-6H3,(H,25,27). The molecular formula is C24H34N2O3S. The third kappa shape index (κ3) is 6.33. The Hall–Kier alpha value is -2.34. The molecule has 0 aliphatic rings. The zero-order valence-corrected chi connectivity index (χ0v) is 19.7. The fourth-order valence-corrected chi connectivity index (χ4v) is 4.56. The number of nitrogens with one attached hydrogen (secondary N) is 1. The molecule has 0 saturated carbocycles. The van der Waals surface area contributed by atoms with Crippen LogP contribution in [0.15, 0.2) is 42.5 Å². The number of anilines is 1. The van der Waals surface area contributed by atoms with Gasteiger partial charge in [-0.05, 0) is 73.9 Å². The first-order chi connectivity index (χ1) is 14.0. The molecule has 6 heteroatoms. The number of amides is 1. The first-order valence-electron chi connectivity index (χ1n) is 10.4. The van der Waals surface area contributed by atoms with E-state index in [1.807, 2.05) is 19.9 Å². The van der Waals surface area contributed by atoms with Crippen molar-refractivity contribution >= 4 is 21.6 Å². The minimum absolute atomic E-state index is 0.297. The molecule has 5 nitrogen and oxygen atoms in total. The predicted molar refractivity (Wildman–Crippen MR) is 125 cm³/mol. The molecule has 2 rings (SSSR count). The summed E-state index contributed by atoms with van der Waals surface area (Å²) in [5, 5.41) is 2.89. The van der Waals surface area contributed by atoms with Gasteiger partial charge in [-0.15, -0.1) is 0 Å². The van der Waals surface area contributed by atoms with Gasteiger partial charge in [0.15, 0.2) is 0 Å². The van der Waals surface area contributed by atoms with Crippen molar-refractivity contribution < 1.29 is 13.2 Å². The molecule has 1 N–H and O–H groups in total. The second-order valence-corrected chi connectivity index (χ2v) is 10.2. The summed E-state index contributed by atoms with van der Waals surface area (Å²) < 4.78 is 26.0. The summed E-state index contributed by atoms with van der Waals surface area (Å²) in [6, 6.07) is 13.2. The van der Waals surface area contributed by atoms with Gasteiger partial charge in [-0.3, -0.25) is 9.10 Å². The zero-order valence-electron chi connectivity index (χ0n) is 18.9. The minimum Gasteiger partial charge on any atom is -0.354 e. The van der Waals surface area contributed by atoms with Crippen LogP contribution >= 0.6 is 0 Å². The molecule has 0 radical (unpaired) electrons. The van der Waals surface area contributed by atoms with Crippen LogP contribution in [-0.2, 0) is 21.2 Å². The largest absolute Gasteiger partial charge is 0.354 e. The molecule has 0 aromatic heterocycles. The maximum atomic E-state index is 12.7. The predicted octanol–water partition coefficient (Wildman–Crippen LogP) is 4.33. The van der Waals surface area contributed by atoms with Gasteiger partial charge in [-0.25, -0.2) is 8.42 Å². The van der Waals surface area contributed by atoms with E-state index >= 15 is 0 Å². The van der Waals surface area contributed by atoms with Crippen molar-refractivity contribution in [3.05, 3.63) is 64.7 Å². The molecule has 1 atom stereocenters. The van der Waals surface area contributed by atoms with Crippen LogP contribution in [0.2, 0.25) is 0 Å². The van der Waals surface area contributed by atoms with Crippen molar-refractivity contribution in [2.24, 2.45) is 0 Å². The molecule has 0 heterocycles. The summed E-state index contributed by atoms with van der Waals surface area (Å²) in [7, 11) is -3.60. The smallest absolute Gasteiger partial charge is 0.243 e. The molecule has 0 spiro atoms. The van der Waals surface area contributed by atoms with Crippen molar-refractivity contribution in [1.29, 1.82) is 0 Å². The normalized spacial score (nSPS) is 12.6. The summed E-state index contributed by atoms with van der Waals surface area (Å²) >= 11 is 0. The van der Waals surface area contributed by atoms with Gasteiger partial charge in [0, 0.05) is 6.54 Å². The number of hydrogen-bond donors (Lipinski definition) is 1. The van der Waals surface area contributed by atoms with Crippen molar-refractivity contribution in [2.75, 3.05) is 17.1 Å². The Balaban J connectivity index is 1.97. The van der Waals surface area contributed by atoms with Crippen LogP contribution in [0.1, 0.15) is 55.4 Å². The maximum Gasteiger partial charge on any atom is 0.243 e. The van der Waals surface area contributed by atoms with Gasteiger partial charge in [0.25, 0.3) is 0 Å². The highest BCUT2D eigenvalue weighted by Gasteiger charge is 2.29. The first kappa shape index (κ1) is 23.9. The lowest BCUT2D eigenvalue weighted by atomic mass is 10.0. The second kappa shape index (κ2) is 10.1. The number of aryl methyl sites for hydroxylation is 3. The fourth-order valence-electron chi connectivity index (χ4n) is 3.39. The average molecular weight is 431 g/mol. The maximum absolute atomic E-state index is 12.7. The molecule has 2 aromatic rings. The Kier molecular flexibility index (Phi) is 8.07. The molecule has 0 fully saturated rings. The number of sulfonamides is 1. The molecule has 0 saturated heterocycles. The fraction of sp³-hybridized carbons (Fsp3) is 0.458. The van der Waals surface area contributed by atoms with E-state index in [9.17, 15) is 13.2 Å². The van der Waals surface area contributed by atoms with E-state index in [-0.39, 0.29) is 5.91 Å². The third-order valence-electron chi connectivity index (χ3n) is 5.42. The summed E-state index contributed by atoms with van der Waals surface area (Å²) in [5.41, 5.74) is 5.11. The summed E-state index contributed by atoms with van der Waals surface area (Å²) in [4.78, 5) is 12.7. The van der Waals surface area contributed by atoms with Gasteiger partial charge >= 0.3 is 0 Å². The van der Waals surface area contributed by atoms with Crippen LogP contribution in [0.25, 0.3) is 0 Å². The zero-order chi connectivity index (χ0) is 22.5. The quantitative estimate of drug-likeness (QED) is 0.602. The van der Waals surface area contributed by atoms with Gasteiger partial charge < -0.3 is 5.32 Å². The van der Waals surface area contributed by atoms with E-state index in [2.05, 4.69) is 43.4 Å². The molecule has 0 bridgehead atoms.